The molecule has 0 atom stereocenters. The summed E-state index contributed by atoms with van der Waals surface area (Å²) in [6, 6.07) is 9.55. The lowest BCUT2D eigenvalue weighted by Gasteiger charge is -2.04. The van der Waals surface area contributed by atoms with E-state index in [9.17, 15) is 9.59 Å². The number of carbonyl (C=O) groups is 2. The standard InChI is InChI=1S/C11H14N2O2/c1-12-10(14)7-11(15)13-8-9-5-3-2-4-6-9/h2-6H,7-8H2,1H3,(H,12,14)(H,13,15). The minimum Gasteiger partial charge on any atom is -0.359 e. The number of amides is 2. The molecule has 0 aliphatic rings. The van der Waals surface area contributed by atoms with E-state index in [1.807, 2.05) is 30.3 Å². The van der Waals surface area contributed by atoms with E-state index >= 15 is 0 Å². The normalized spacial score (nSPS) is 9.40. The first-order valence-electron chi connectivity index (χ1n) is 4.73. The molecule has 4 heteroatoms. The molecule has 0 saturated carbocycles. The van der Waals surface area contributed by atoms with Gasteiger partial charge in [0.05, 0.1) is 0 Å². The van der Waals surface area contributed by atoms with Crippen LogP contribution in [0, 0.1) is 0 Å². The van der Waals surface area contributed by atoms with Crippen molar-refractivity contribution in [1.29, 1.82) is 0 Å². The largest absolute Gasteiger partial charge is 0.359 e. The van der Waals surface area contributed by atoms with Gasteiger partial charge in [0.1, 0.15) is 6.42 Å². The molecule has 0 aliphatic heterocycles. The highest BCUT2D eigenvalue weighted by atomic mass is 16.2. The molecule has 0 unspecified atom stereocenters. The van der Waals surface area contributed by atoms with Crippen molar-refractivity contribution < 1.29 is 9.59 Å². The Kier molecular flexibility index (Phi) is 4.34. The predicted octanol–water partition coefficient (Wildman–Crippen LogP) is 0.439. The summed E-state index contributed by atoms with van der Waals surface area (Å²) in [5.74, 6) is -0.543. The summed E-state index contributed by atoms with van der Waals surface area (Å²) < 4.78 is 0. The molecular formula is C11H14N2O2. The maximum atomic E-state index is 11.2. The van der Waals surface area contributed by atoms with E-state index in [-0.39, 0.29) is 18.2 Å². The van der Waals surface area contributed by atoms with Crippen molar-refractivity contribution in [3.8, 4) is 0 Å². The topological polar surface area (TPSA) is 58.2 Å². The zero-order chi connectivity index (χ0) is 11.1. The van der Waals surface area contributed by atoms with E-state index in [1.165, 1.54) is 7.05 Å². The Balaban J connectivity index is 2.32. The molecule has 0 aromatic heterocycles. The second kappa shape index (κ2) is 5.80. The molecule has 80 valence electrons. The number of carbonyl (C=O) groups excluding carboxylic acids is 2. The summed E-state index contributed by atoms with van der Waals surface area (Å²) in [6.07, 6.45) is -0.122. The summed E-state index contributed by atoms with van der Waals surface area (Å²) in [7, 11) is 1.51. The van der Waals surface area contributed by atoms with Gasteiger partial charge in [-0.2, -0.15) is 0 Å². The molecule has 0 spiro atoms. The van der Waals surface area contributed by atoms with Crippen molar-refractivity contribution in [2.45, 2.75) is 13.0 Å². The third-order valence-corrected chi connectivity index (χ3v) is 1.93. The Labute approximate surface area is 88.7 Å². The molecule has 0 aliphatic carbocycles. The number of rotatable bonds is 4. The lowest BCUT2D eigenvalue weighted by atomic mass is 10.2. The van der Waals surface area contributed by atoms with Gasteiger partial charge in [-0.25, -0.2) is 0 Å². The highest BCUT2D eigenvalue weighted by Crippen LogP contribution is 1.97. The van der Waals surface area contributed by atoms with Gasteiger partial charge >= 0.3 is 0 Å². The molecule has 0 bridgehead atoms. The maximum absolute atomic E-state index is 11.2. The Morgan fingerprint density at radius 1 is 1.13 bits per heavy atom. The van der Waals surface area contributed by atoms with Crippen molar-refractivity contribution in [1.82, 2.24) is 10.6 Å². The van der Waals surface area contributed by atoms with Crippen LogP contribution in [0.3, 0.4) is 0 Å². The molecular weight excluding hydrogens is 192 g/mol. The number of hydrogen-bond donors (Lipinski definition) is 2. The fourth-order valence-corrected chi connectivity index (χ4v) is 1.09. The quantitative estimate of drug-likeness (QED) is 0.702. The monoisotopic (exact) mass is 206 g/mol. The maximum Gasteiger partial charge on any atom is 0.229 e. The lowest BCUT2D eigenvalue weighted by molar-refractivity contribution is -0.129. The van der Waals surface area contributed by atoms with Crippen LogP contribution in [0.1, 0.15) is 12.0 Å². The van der Waals surface area contributed by atoms with E-state index in [0.717, 1.165) is 5.56 Å². The van der Waals surface area contributed by atoms with Gasteiger partial charge in [0.15, 0.2) is 0 Å². The van der Waals surface area contributed by atoms with Gasteiger partial charge in [0.25, 0.3) is 0 Å². The van der Waals surface area contributed by atoms with Crippen LogP contribution in [0.5, 0.6) is 0 Å². The predicted molar refractivity (Wildman–Crippen MR) is 57.0 cm³/mol. The number of benzene rings is 1. The fraction of sp³-hybridized carbons (Fsp3) is 0.273. The first-order chi connectivity index (χ1) is 7.22. The van der Waals surface area contributed by atoms with Gasteiger partial charge in [0.2, 0.25) is 11.8 Å². The van der Waals surface area contributed by atoms with Gasteiger partial charge < -0.3 is 10.6 Å². The molecule has 0 heterocycles. The lowest BCUT2D eigenvalue weighted by Crippen LogP contribution is -2.29. The van der Waals surface area contributed by atoms with Gasteiger partial charge in [-0.1, -0.05) is 30.3 Å². The molecule has 0 saturated heterocycles. The average molecular weight is 206 g/mol. The molecule has 0 radical (unpaired) electrons. The van der Waals surface area contributed by atoms with E-state index < -0.39 is 0 Å². The molecule has 1 rings (SSSR count). The fourth-order valence-electron chi connectivity index (χ4n) is 1.09. The summed E-state index contributed by atoms with van der Waals surface area (Å²) in [6.45, 7) is 0.455. The Hall–Kier alpha value is -1.84. The van der Waals surface area contributed by atoms with Crippen molar-refractivity contribution in [3.63, 3.8) is 0 Å². The van der Waals surface area contributed by atoms with Crippen LogP contribution in [0.25, 0.3) is 0 Å². The molecule has 2 amide bonds. The SMILES string of the molecule is CNC(=O)CC(=O)NCc1ccccc1. The smallest absolute Gasteiger partial charge is 0.229 e. The second-order valence-corrected chi connectivity index (χ2v) is 3.11. The Morgan fingerprint density at radius 2 is 1.80 bits per heavy atom. The molecule has 2 N–H and O–H groups in total. The number of hydrogen-bond acceptors (Lipinski definition) is 2. The second-order valence-electron chi connectivity index (χ2n) is 3.11. The van der Waals surface area contributed by atoms with Crippen LogP contribution in [0.15, 0.2) is 30.3 Å². The highest BCUT2D eigenvalue weighted by molar-refractivity contribution is 5.96. The third-order valence-electron chi connectivity index (χ3n) is 1.93. The van der Waals surface area contributed by atoms with Gasteiger partial charge in [0, 0.05) is 13.6 Å². The highest BCUT2D eigenvalue weighted by Gasteiger charge is 2.06. The van der Waals surface area contributed by atoms with Crippen molar-refractivity contribution in [2.24, 2.45) is 0 Å². The average Bonchev–Trinajstić information content (AvgIpc) is 2.27. The van der Waals surface area contributed by atoms with Crippen LogP contribution >= 0.6 is 0 Å². The van der Waals surface area contributed by atoms with Crippen LogP contribution in [-0.4, -0.2) is 18.9 Å². The van der Waals surface area contributed by atoms with E-state index in [2.05, 4.69) is 10.6 Å². The van der Waals surface area contributed by atoms with E-state index in [4.69, 9.17) is 0 Å². The molecule has 4 nitrogen and oxygen atoms in total. The first kappa shape index (κ1) is 11.2. The first-order valence-corrected chi connectivity index (χ1v) is 4.73. The van der Waals surface area contributed by atoms with Crippen LogP contribution in [-0.2, 0) is 16.1 Å². The zero-order valence-corrected chi connectivity index (χ0v) is 8.62. The minimum atomic E-state index is -0.277. The van der Waals surface area contributed by atoms with Crippen molar-refractivity contribution in [2.75, 3.05) is 7.05 Å². The summed E-state index contributed by atoms with van der Waals surface area (Å²) in [5, 5.41) is 5.06. The molecule has 15 heavy (non-hydrogen) atoms. The molecule has 1 aromatic rings. The van der Waals surface area contributed by atoms with Crippen molar-refractivity contribution in [3.05, 3.63) is 35.9 Å². The zero-order valence-electron chi connectivity index (χ0n) is 8.62. The van der Waals surface area contributed by atoms with Gasteiger partial charge in [-0.15, -0.1) is 0 Å². The van der Waals surface area contributed by atoms with E-state index in [1.54, 1.807) is 0 Å². The summed E-state index contributed by atoms with van der Waals surface area (Å²) >= 11 is 0. The van der Waals surface area contributed by atoms with Crippen LogP contribution in [0.2, 0.25) is 0 Å². The summed E-state index contributed by atoms with van der Waals surface area (Å²) in [4.78, 5) is 22.1. The van der Waals surface area contributed by atoms with Crippen LogP contribution in [0.4, 0.5) is 0 Å². The van der Waals surface area contributed by atoms with Crippen molar-refractivity contribution >= 4 is 11.8 Å². The molecule has 0 fully saturated rings. The van der Waals surface area contributed by atoms with Gasteiger partial charge in [-0.3, -0.25) is 9.59 Å². The Morgan fingerprint density at radius 3 is 2.40 bits per heavy atom. The number of nitrogens with one attached hydrogen (secondary N) is 2. The third kappa shape index (κ3) is 4.26. The Bertz CT molecular complexity index is 336. The molecule has 1 aromatic carbocycles. The summed E-state index contributed by atoms with van der Waals surface area (Å²) in [5.41, 5.74) is 1.02. The van der Waals surface area contributed by atoms with Crippen LogP contribution < -0.4 is 10.6 Å². The minimum absolute atomic E-state index is 0.122. The van der Waals surface area contributed by atoms with Gasteiger partial charge in [-0.05, 0) is 5.56 Å². The van der Waals surface area contributed by atoms with E-state index in [0.29, 0.717) is 6.54 Å².